The van der Waals surface area contributed by atoms with Crippen LogP contribution in [0.15, 0.2) is 30.3 Å². The third-order valence-corrected chi connectivity index (χ3v) is 3.24. The van der Waals surface area contributed by atoms with Crippen LogP contribution < -0.4 is 5.32 Å². The molecule has 4 heteroatoms. The first-order valence-corrected chi connectivity index (χ1v) is 6.75. The van der Waals surface area contributed by atoms with Crippen LogP contribution in [0.2, 0.25) is 0 Å². The summed E-state index contributed by atoms with van der Waals surface area (Å²) in [7, 11) is 0. The Bertz CT molecular complexity index is 356. The first-order valence-electron chi connectivity index (χ1n) is 6.24. The molecule has 18 heavy (non-hydrogen) atoms. The summed E-state index contributed by atoms with van der Waals surface area (Å²) >= 11 is 4.33. The van der Waals surface area contributed by atoms with Crippen molar-refractivity contribution in [3.8, 4) is 0 Å². The van der Waals surface area contributed by atoms with Crippen molar-refractivity contribution >= 4 is 18.5 Å². The van der Waals surface area contributed by atoms with Crippen LogP contribution in [0.1, 0.15) is 18.9 Å². The van der Waals surface area contributed by atoms with Gasteiger partial charge in [0.05, 0.1) is 5.25 Å². The number of aliphatic hydroxyl groups is 1. The molecular weight excluding hydrogens is 246 g/mol. The largest absolute Gasteiger partial charge is 0.396 e. The number of carbonyl (C=O) groups excluding carboxylic acids is 1. The molecule has 0 saturated heterocycles. The van der Waals surface area contributed by atoms with E-state index in [1.165, 1.54) is 0 Å². The summed E-state index contributed by atoms with van der Waals surface area (Å²) in [6.07, 6.45) is 1.33. The maximum absolute atomic E-state index is 11.8. The monoisotopic (exact) mass is 267 g/mol. The molecule has 1 rings (SSSR count). The van der Waals surface area contributed by atoms with Gasteiger partial charge in [0.15, 0.2) is 0 Å². The molecule has 0 aliphatic heterocycles. The lowest BCUT2D eigenvalue weighted by atomic mass is 10.1. The second-order valence-corrected chi connectivity index (χ2v) is 5.19. The number of nitrogens with one attached hydrogen (secondary N) is 1. The standard InChI is InChI=1S/C14H21NO2S/c1-11(7-8-16)10-15-14(17)13(18)9-12-5-3-2-4-6-12/h2-6,11,13,16,18H,7-10H2,1H3,(H,15,17). The molecule has 3 nitrogen and oxygen atoms in total. The van der Waals surface area contributed by atoms with Crippen molar-refractivity contribution < 1.29 is 9.90 Å². The third kappa shape index (κ3) is 5.56. The molecular formula is C14H21NO2S. The summed E-state index contributed by atoms with van der Waals surface area (Å²) in [6.45, 7) is 2.75. The van der Waals surface area contributed by atoms with Gasteiger partial charge < -0.3 is 10.4 Å². The van der Waals surface area contributed by atoms with Crippen LogP contribution in [0.5, 0.6) is 0 Å². The average molecular weight is 267 g/mol. The van der Waals surface area contributed by atoms with Gasteiger partial charge in [0.25, 0.3) is 0 Å². The third-order valence-electron chi connectivity index (χ3n) is 2.82. The van der Waals surface area contributed by atoms with Crippen molar-refractivity contribution in [2.45, 2.75) is 25.0 Å². The quantitative estimate of drug-likeness (QED) is 0.658. The second kappa shape index (κ2) is 8.16. The van der Waals surface area contributed by atoms with Gasteiger partial charge in [-0.15, -0.1) is 0 Å². The Morgan fingerprint density at radius 3 is 2.67 bits per heavy atom. The molecule has 2 N–H and O–H groups in total. The van der Waals surface area contributed by atoms with Crippen LogP contribution in [0, 0.1) is 5.92 Å². The summed E-state index contributed by atoms with van der Waals surface area (Å²) in [6, 6.07) is 9.84. The zero-order chi connectivity index (χ0) is 13.4. The van der Waals surface area contributed by atoms with Gasteiger partial charge in [0.1, 0.15) is 0 Å². The highest BCUT2D eigenvalue weighted by molar-refractivity contribution is 7.81. The molecule has 2 atom stereocenters. The van der Waals surface area contributed by atoms with Gasteiger partial charge >= 0.3 is 0 Å². The first-order chi connectivity index (χ1) is 8.63. The lowest BCUT2D eigenvalue weighted by Gasteiger charge is -2.14. The number of carbonyl (C=O) groups is 1. The van der Waals surface area contributed by atoms with E-state index in [1.807, 2.05) is 37.3 Å². The van der Waals surface area contributed by atoms with E-state index in [1.54, 1.807) is 0 Å². The SMILES string of the molecule is CC(CCO)CNC(=O)C(S)Cc1ccccc1. The van der Waals surface area contributed by atoms with Gasteiger partial charge in [0.2, 0.25) is 5.91 Å². The molecule has 0 heterocycles. The Labute approximate surface area is 114 Å². The summed E-state index contributed by atoms with van der Waals surface area (Å²) < 4.78 is 0. The maximum Gasteiger partial charge on any atom is 0.233 e. The molecule has 0 aromatic heterocycles. The van der Waals surface area contributed by atoms with E-state index in [0.29, 0.717) is 19.4 Å². The van der Waals surface area contributed by atoms with E-state index in [2.05, 4.69) is 17.9 Å². The molecule has 100 valence electrons. The zero-order valence-corrected chi connectivity index (χ0v) is 11.6. The van der Waals surface area contributed by atoms with Crippen molar-refractivity contribution in [3.05, 3.63) is 35.9 Å². The van der Waals surface area contributed by atoms with Gasteiger partial charge in [-0.25, -0.2) is 0 Å². The van der Waals surface area contributed by atoms with E-state index in [0.717, 1.165) is 5.56 Å². The number of amides is 1. The number of benzene rings is 1. The van der Waals surface area contributed by atoms with Crippen LogP contribution in [-0.4, -0.2) is 29.4 Å². The number of hydrogen-bond acceptors (Lipinski definition) is 3. The maximum atomic E-state index is 11.8. The Hall–Kier alpha value is -1.00. The fraction of sp³-hybridized carbons (Fsp3) is 0.500. The van der Waals surface area contributed by atoms with Crippen LogP contribution in [-0.2, 0) is 11.2 Å². The molecule has 0 bridgehead atoms. The van der Waals surface area contributed by atoms with Crippen molar-refractivity contribution in [2.24, 2.45) is 5.92 Å². The molecule has 1 aromatic rings. The van der Waals surface area contributed by atoms with E-state index in [4.69, 9.17) is 5.11 Å². The van der Waals surface area contributed by atoms with Gasteiger partial charge in [-0.3, -0.25) is 4.79 Å². The fourth-order valence-corrected chi connectivity index (χ4v) is 1.95. The summed E-state index contributed by atoms with van der Waals surface area (Å²) in [5.41, 5.74) is 1.11. The fourth-order valence-electron chi connectivity index (χ4n) is 1.65. The lowest BCUT2D eigenvalue weighted by Crippen LogP contribution is -2.35. The highest BCUT2D eigenvalue weighted by atomic mass is 32.1. The molecule has 0 saturated carbocycles. The molecule has 2 unspecified atom stereocenters. The second-order valence-electron chi connectivity index (χ2n) is 4.57. The van der Waals surface area contributed by atoms with Gasteiger partial charge in [-0.05, 0) is 24.3 Å². The van der Waals surface area contributed by atoms with Gasteiger partial charge in [-0.2, -0.15) is 12.6 Å². The molecule has 0 radical (unpaired) electrons. The van der Waals surface area contributed by atoms with Crippen LogP contribution in [0.3, 0.4) is 0 Å². The van der Waals surface area contributed by atoms with Crippen molar-refractivity contribution in [3.63, 3.8) is 0 Å². The van der Waals surface area contributed by atoms with E-state index < -0.39 is 0 Å². The Balaban J connectivity index is 2.33. The smallest absolute Gasteiger partial charge is 0.233 e. The number of aliphatic hydroxyl groups excluding tert-OH is 1. The zero-order valence-electron chi connectivity index (χ0n) is 10.7. The van der Waals surface area contributed by atoms with Gasteiger partial charge in [0, 0.05) is 13.2 Å². The molecule has 0 fully saturated rings. The van der Waals surface area contributed by atoms with Crippen molar-refractivity contribution in [1.29, 1.82) is 0 Å². The Morgan fingerprint density at radius 2 is 2.06 bits per heavy atom. The molecule has 0 aliphatic rings. The van der Waals surface area contributed by atoms with Crippen LogP contribution >= 0.6 is 12.6 Å². The summed E-state index contributed by atoms with van der Waals surface area (Å²) in [4.78, 5) is 11.8. The number of thiol groups is 1. The van der Waals surface area contributed by atoms with Crippen LogP contribution in [0.25, 0.3) is 0 Å². The summed E-state index contributed by atoms with van der Waals surface area (Å²) in [5.74, 6) is 0.239. The highest BCUT2D eigenvalue weighted by Crippen LogP contribution is 2.08. The van der Waals surface area contributed by atoms with Gasteiger partial charge in [-0.1, -0.05) is 37.3 Å². The Kier molecular flexibility index (Phi) is 6.83. The molecule has 0 spiro atoms. The minimum atomic E-state index is -0.325. The molecule has 0 aliphatic carbocycles. The predicted octanol–water partition coefficient (Wildman–Crippen LogP) is 1.66. The highest BCUT2D eigenvalue weighted by Gasteiger charge is 2.14. The van der Waals surface area contributed by atoms with Crippen molar-refractivity contribution in [2.75, 3.05) is 13.2 Å². The van der Waals surface area contributed by atoms with E-state index in [9.17, 15) is 4.79 Å². The number of rotatable bonds is 7. The molecule has 1 aromatic carbocycles. The van der Waals surface area contributed by atoms with E-state index in [-0.39, 0.29) is 23.7 Å². The van der Waals surface area contributed by atoms with E-state index >= 15 is 0 Å². The minimum Gasteiger partial charge on any atom is -0.396 e. The lowest BCUT2D eigenvalue weighted by molar-refractivity contribution is -0.120. The normalized spacial score (nSPS) is 13.9. The average Bonchev–Trinajstić information content (AvgIpc) is 2.37. The summed E-state index contributed by atoms with van der Waals surface area (Å²) in [5, 5.41) is 11.3. The van der Waals surface area contributed by atoms with Crippen LogP contribution in [0.4, 0.5) is 0 Å². The first kappa shape index (κ1) is 15.1. The number of hydrogen-bond donors (Lipinski definition) is 3. The Morgan fingerprint density at radius 1 is 1.39 bits per heavy atom. The predicted molar refractivity (Wildman–Crippen MR) is 76.8 cm³/mol. The minimum absolute atomic E-state index is 0.0491. The molecule has 1 amide bonds. The van der Waals surface area contributed by atoms with Crippen molar-refractivity contribution in [1.82, 2.24) is 5.32 Å². The topological polar surface area (TPSA) is 49.3 Å².